The standard InChI is InChI=1S/C16H22N4O2/c1-12-5-13(2)7-15(6-12)20-18-9-14(19-20)8-17-10-16-11-21-3-4-22-16/h5-7,9,16-17H,3-4,8,10-11H2,1-2H3. The minimum Gasteiger partial charge on any atom is -0.376 e. The van der Waals surface area contributed by atoms with Crippen molar-refractivity contribution in [1.82, 2.24) is 20.3 Å². The molecule has 0 saturated carbocycles. The fourth-order valence-electron chi connectivity index (χ4n) is 2.58. The van der Waals surface area contributed by atoms with Crippen LogP contribution in [0.2, 0.25) is 0 Å². The van der Waals surface area contributed by atoms with Crippen LogP contribution >= 0.6 is 0 Å². The largest absolute Gasteiger partial charge is 0.376 e. The predicted octanol–water partition coefficient (Wildman–Crippen LogP) is 1.39. The van der Waals surface area contributed by atoms with Gasteiger partial charge in [-0.2, -0.15) is 15.0 Å². The van der Waals surface area contributed by atoms with Gasteiger partial charge in [0.1, 0.15) is 0 Å². The van der Waals surface area contributed by atoms with E-state index >= 15 is 0 Å². The van der Waals surface area contributed by atoms with Crippen LogP contribution in [0.15, 0.2) is 24.4 Å². The first kappa shape index (κ1) is 15.1. The number of benzene rings is 1. The molecule has 1 aliphatic heterocycles. The van der Waals surface area contributed by atoms with E-state index < -0.39 is 0 Å². The van der Waals surface area contributed by atoms with Gasteiger partial charge in [-0.3, -0.25) is 0 Å². The molecule has 1 aromatic carbocycles. The third-order valence-corrected chi connectivity index (χ3v) is 3.54. The molecule has 2 aromatic rings. The number of nitrogens with one attached hydrogen (secondary N) is 1. The van der Waals surface area contributed by atoms with Gasteiger partial charge in [-0.1, -0.05) is 6.07 Å². The summed E-state index contributed by atoms with van der Waals surface area (Å²) in [6.07, 6.45) is 1.92. The quantitative estimate of drug-likeness (QED) is 0.904. The maximum atomic E-state index is 5.59. The SMILES string of the molecule is Cc1cc(C)cc(-n2ncc(CNCC3COCCO3)n2)c1. The molecule has 1 fully saturated rings. The van der Waals surface area contributed by atoms with Gasteiger partial charge >= 0.3 is 0 Å². The summed E-state index contributed by atoms with van der Waals surface area (Å²) >= 11 is 0. The number of aromatic nitrogens is 3. The second-order valence-electron chi connectivity index (χ2n) is 5.67. The molecule has 1 unspecified atom stereocenters. The monoisotopic (exact) mass is 302 g/mol. The number of aryl methyl sites for hydroxylation is 2. The van der Waals surface area contributed by atoms with Gasteiger partial charge < -0.3 is 14.8 Å². The molecule has 3 rings (SSSR count). The highest BCUT2D eigenvalue weighted by Crippen LogP contribution is 2.12. The average Bonchev–Trinajstić information content (AvgIpc) is 2.96. The van der Waals surface area contributed by atoms with Crippen molar-refractivity contribution in [3.8, 4) is 5.69 Å². The molecule has 0 bridgehead atoms. The fourth-order valence-corrected chi connectivity index (χ4v) is 2.58. The first-order valence-electron chi connectivity index (χ1n) is 7.61. The van der Waals surface area contributed by atoms with Crippen molar-refractivity contribution in [2.45, 2.75) is 26.5 Å². The molecule has 1 atom stereocenters. The molecule has 0 aliphatic carbocycles. The van der Waals surface area contributed by atoms with Crippen molar-refractivity contribution >= 4 is 0 Å². The lowest BCUT2D eigenvalue weighted by Crippen LogP contribution is -2.37. The molecular formula is C16H22N4O2. The minimum absolute atomic E-state index is 0.128. The second-order valence-corrected chi connectivity index (χ2v) is 5.67. The topological polar surface area (TPSA) is 61.2 Å². The highest BCUT2D eigenvalue weighted by molar-refractivity contribution is 5.37. The van der Waals surface area contributed by atoms with Crippen LogP contribution in [-0.4, -0.2) is 47.5 Å². The van der Waals surface area contributed by atoms with Gasteiger partial charge in [0, 0.05) is 13.1 Å². The Bertz CT molecular complexity index is 600. The van der Waals surface area contributed by atoms with E-state index in [1.807, 2.05) is 0 Å². The molecule has 6 heteroatoms. The Morgan fingerprint density at radius 2 is 2.05 bits per heavy atom. The Labute approximate surface area is 130 Å². The molecule has 22 heavy (non-hydrogen) atoms. The molecule has 1 aliphatic rings. The highest BCUT2D eigenvalue weighted by Gasteiger charge is 2.13. The lowest BCUT2D eigenvalue weighted by molar-refractivity contribution is -0.0864. The number of rotatable bonds is 5. The highest BCUT2D eigenvalue weighted by atomic mass is 16.6. The first-order chi connectivity index (χ1) is 10.7. The lowest BCUT2D eigenvalue weighted by atomic mass is 10.1. The van der Waals surface area contributed by atoms with E-state index in [0.29, 0.717) is 26.4 Å². The van der Waals surface area contributed by atoms with Gasteiger partial charge in [0.05, 0.1) is 43.5 Å². The van der Waals surface area contributed by atoms with Crippen LogP contribution in [0, 0.1) is 13.8 Å². The van der Waals surface area contributed by atoms with Crippen molar-refractivity contribution in [3.05, 3.63) is 41.2 Å². The average molecular weight is 302 g/mol. The number of hydrogen-bond donors (Lipinski definition) is 1. The summed E-state index contributed by atoms with van der Waals surface area (Å²) in [4.78, 5) is 1.68. The van der Waals surface area contributed by atoms with Crippen LogP contribution in [0.25, 0.3) is 5.69 Å². The normalized spacial score (nSPS) is 18.5. The summed E-state index contributed by atoms with van der Waals surface area (Å²) in [7, 11) is 0. The first-order valence-corrected chi connectivity index (χ1v) is 7.61. The van der Waals surface area contributed by atoms with E-state index in [-0.39, 0.29) is 6.10 Å². The van der Waals surface area contributed by atoms with Crippen molar-refractivity contribution in [2.75, 3.05) is 26.4 Å². The van der Waals surface area contributed by atoms with E-state index in [2.05, 4.69) is 47.6 Å². The summed E-state index contributed by atoms with van der Waals surface area (Å²) in [6.45, 7) is 7.61. The Morgan fingerprint density at radius 1 is 1.23 bits per heavy atom. The summed E-state index contributed by atoms with van der Waals surface area (Å²) in [5.41, 5.74) is 4.33. The van der Waals surface area contributed by atoms with E-state index in [9.17, 15) is 0 Å². The van der Waals surface area contributed by atoms with Gasteiger partial charge in [0.2, 0.25) is 0 Å². The molecule has 1 N–H and O–H groups in total. The molecule has 0 radical (unpaired) electrons. The van der Waals surface area contributed by atoms with Crippen LogP contribution in [0.4, 0.5) is 0 Å². The third-order valence-electron chi connectivity index (χ3n) is 3.54. The van der Waals surface area contributed by atoms with Crippen molar-refractivity contribution in [3.63, 3.8) is 0 Å². The van der Waals surface area contributed by atoms with Crippen LogP contribution in [-0.2, 0) is 16.0 Å². The van der Waals surface area contributed by atoms with Crippen LogP contribution in [0.3, 0.4) is 0 Å². The van der Waals surface area contributed by atoms with Gasteiger partial charge in [0.15, 0.2) is 0 Å². The van der Waals surface area contributed by atoms with Gasteiger partial charge in [-0.25, -0.2) is 0 Å². The predicted molar refractivity (Wildman–Crippen MR) is 83.1 cm³/mol. The number of ether oxygens (including phenoxy) is 2. The van der Waals surface area contributed by atoms with Crippen LogP contribution in [0.1, 0.15) is 16.8 Å². The van der Waals surface area contributed by atoms with E-state index in [1.54, 1.807) is 11.0 Å². The fraction of sp³-hybridized carbons (Fsp3) is 0.500. The van der Waals surface area contributed by atoms with E-state index in [0.717, 1.165) is 17.9 Å². The summed E-state index contributed by atoms with van der Waals surface area (Å²) in [6, 6.07) is 6.30. The molecule has 1 aromatic heterocycles. The van der Waals surface area contributed by atoms with Crippen molar-refractivity contribution < 1.29 is 9.47 Å². The van der Waals surface area contributed by atoms with Gasteiger partial charge in [-0.15, -0.1) is 0 Å². The van der Waals surface area contributed by atoms with Gasteiger partial charge in [0.25, 0.3) is 0 Å². The Morgan fingerprint density at radius 3 is 2.77 bits per heavy atom. The van der Waals surface area contributed by atoms with Crippen molar-refractivity contribution in [1.29, 1.82) is 0 Å². The zero-order valence-electron chi connectivity index (χ0n) is 13.1. The lowest BCUT2D eigenvalue weighted by Gasteiger charge is -2.22. The molecule has 6 nitrogen and oxygen atoms in total. The Balaban J connectivity index is 1.56. The molecule has 0 amide bonds. The Kier molecular flexibility index (Phi) is 4.82. The molecule has 2 heterocycles. The summed E-state index contributed by atoms with van der Waals surface area (Å²) in [5.74, 6) is 0. The molecule has 118 valence electrons. The number of nitrogens with zero attached hydrogens (tertiary/aromatic N) is 3. The molecule has 1 saturated heterocycles. The maximum absolute atomic E-state index is 5.59. The Hall–Kier alpha value is -1.76. The van der Waals surface area contributed by atoms with Gasteiger partial charge in [-0.05, 0) is 37.1 Å². The van der Waals surface area contributed by atoms with Crippen LogP contribution in [0.5, 0.6) is 0 Å². The summed E-state index contributed by atoms with van der Waals surface area (Å²) in [5, 5.41) is 12.2. The van der Waals surface area contributed by atoms with E-state index in [1.165, 1.54) is 11.1 Å². The molecule has 0 spiro atoms. The zero-order valence-corrected chi connectivity index (χ0v) is 13.1. The third kappa shape index (κ3) is 3.91. The number of hydrogen-bond acceptors (Lipinski definition) is 5. The zero-order chi connectivity index (χ0) is 15.4. The van der Waals surface area contributed by atoms with Crippen LogP contribution < -0.4 is 5.32 Å². The minimum atomic E-state index is 0.128. The van der Waals surface area contributed by atoms with Crippen molar-refractivity contribution in [2.24, 2.45) is 0 Å². The second kappa shape index (κ2) is 7.00. The maximum Gasteiger partial charge on any atom is 0.0969 e. The summed E-state index contributed by atoms with van der Waals surface area (Å²) < 4.78 is 11.0. The smallest absolute Gasteiger partial charge is 0.0969 e. The molecular weight excluding hydrogens is 280 g/mol. The van der Waals surface area contributed by atoms with E-state index in [4.69, 9.17) is 9.47 Å².